The van der Waals surface area contributed by atoms with E-state index in [1.807, 2.05) is 11.8 Å². The molecule has 26 heavy (non-hydrogen) atoms. The molecule has 0 radical (unpaired) electrons. The molecule has 0 aromatic heterocycles. The van der Waals surface area contributed by atoms with Crippen LogP contribution in [0.25, 0.3) is 0 Å². The molecule has 148 valence electrons. The number of benzene rings is 1. The number of nitrogens with zero attached hydrogens (tertiary/aromatic N) is 2. The first-order valence-electron chi connectivity index (χ1n) is 8.34. The minimum absolute atomic E-state index is 0. The Morgan fingerprint density at radius 2 is 2.04 bits per heavy atom. The number of nitrogens with one attached hydrogen (secondary N) is 1. The van der Waals surface area contributed by atoms with Gasteiger partial charge in [-0.2, -0.15) is 8.78 Å². The zero-order valence-corrected chi connectivity index (χ0v) is 17.2. The number of alkyl halides is 2. The van der Waals surface area contributed by atoms with Crippen molar-refractivity contribution < 1.29 is 22.6 Å². The summed E-state index contributed by atoms with van der Waals surface area (Å²) in [6.07, 6.45) is 2.01. The smallest absolute Gasteiger partial charge is 0.387 e. The van der Waals surface area contributed by atoms with E-state index < -0.39 is 12.4 Å². The van der Waals surface area contributed by atoms with Crippen molar-refractivity contribution in [2.45, 2.75) is 39.0 Å². The molecule has 0 saturated carbocycles. The van der Waals surface area contributed by atoms with Gasteiger partial charge in [0.05, 0.1) is 6.10 Å². The van der Waals surface area contributed by atoms with Crippen LogP contribution in [-0.2, 0) is 11.3 Å². The van der Waals surface area contributed by atoms with E-state index in [0.29, 0.717) is 12.6 Å². The summed E-state index contributed by atoms with van der Waals surface area (Å²) in [6, 6.07) is 3.87. The summed E-state index contributed by atoms with van der Waals surface area (Å²) in [4.78, 5) is 6.24. The zero-order valence-electron chi connectivity index (χ0n) is 14.9. The van der Waals surface area contributed by atoms with Crippen LogP contribution >= 0.6 is 24.0 Å². The van der Waals surface area contributed by atoms with Gasteiger partial charge in [-0.25, -0.2) is 4.39 Å². The van der Waals surface area contributed by atoms with Crippen LogP contribution in [0.15, 0.2) is 23.2 Å². The van der Waals surface area contributed by atoms with E-state index in [1.54, 1.807) is 7.05 Å². The Kier molecular flexibility index (Phi) is 10.1. The molecule has 1 N–H and O–H groups in total. The van der Waals surface area contributed by atoms with Gasteiger partial charge in [0.25, 0.3) is 0 Å². The van der Waals surface area contributed by atoms with Gasteiger partial charge in [0, 0.05) is 38.9 Å². The van der Waals surface area contributed by atoms with Crippen LogP contribution in [0.3, 0.4) is 0 Å². The Labute approximate surface area is 169 Å². The molecule has 0 bridgehead atoms. The molecule has 0 aliphatic carbocycles. The molecule has 1 saturated heterocycles. The van der Waals surface area contributed by atoms with E-state index in [2.05, 4.69) is 15.0 Å². The fourth-order valence-electron chi connectivity index (χ4n) is 2.89. The van der Waals surface area contributed by atoms with Gasteiger partial charge in [-0.1, -0.05) is 6.07 Å². The second-order valence-electron chi connectivity index (χ2n) is 5.64. The van der Waals surface area contributed by atoms with Crippen molar-refractivity contribution in [2.24, 2.45) is 4.99 Å². The second-order valence-corrected chi connectivity index (χ2v) is 5.64. The Bertz CT molecular complexity index is 582. The van der Waals surface area contributed by atoms with Crippen LogP contribution in [-0.4, -0.2) is 50.3 Å². The summed E-state index contributed by atoms with van der Waals surface area (Å²) < 4.78 is 49.0. The molecule has 5 nitrogen and oxygen atoms in total. The summed E-state index contributed by atoms with van der Waals surface area (Å²) in [7, 11) is 1.63. The summed E-state index contributed by atoms with van der Waals surface area (Å²) in [5.41, 5.74) is 0.0492. The van der Waals surface area contributed by atoms with Crippen LogP contribution in [0, 0.1) is 5.82 Å². The second kappa shape index (κ2) is 11.5. The number of hydrogen-bond donors (Lipinski definition) is 1. The quantitative estimate of drug-likeness (QED) is 0.379. The molecule has 0 spiro atoms. The maximum absolute atomic E-state index is 14.0. The number of hydrogen-bond acceptors (Lipinski definition) is 3. The average molecular weight is 487 g/mol. The van der Waals surface area contributed by atoms with Gasteiger partial charge < -0.3 is 19.7 Å². The minimum Gasteiger partial charge on any atom is -0.434 e. The summed E-state index contributed by atoms with van der Waals surface area (Å²) in [5, 5.41) is 3.03. The van der Waals surface area contributed by atoms with Crippen molar-refractivity contribution in [1.82, 2.24) is 10.2 Å². The van der Waals surface area contributed by atoms with Crippen molar-refractivity contribution in [3.8, 4) is 5.75 Å². The number of ether oxygens (including phenoxy) is 2. The van der Waals surface area contributed by atoms with Gasteiger partial charge in [0.2, 0.25) is 0 Å². The van der Waals surface area contributed by atoms with Crippen LogP contribution in [0.1, 0.15) is 25.3 Å². The van der Waals surface area contributed by atoms with Gasteiger partial charge in [-0.15, -0.1) is 24.0 Å². The number of rotatable bonds is 6. The molecule has 0 amide bonds. The topological polar surface area (TPSA) is 46.1 Å². The highest BCUT2D eigenvalue weighted by Crippen LogP contribution is 2.23. The van der Waals surface area contributed by atoms with Crippen molar-refractivity contribution >= 4 is 29.9 Å². The van der Waals surface area contributed by atoms with E-state index in [4.69, 9.17) is 4.74 Å². The van der Waals surface area contributed by atoms with E-state index in [1.165, 1.54) is 18.2 Å². The van der Waals surface area contributed by atoms with E-state index >= 15 is 0 Å². The fraction of sp³-hybridized carbons (Fsp3) is 0.588. The van der Waals surface area contributed by atoms with Gasteiger partial charge in [-0.3, -0.25) is 4.99 Å². The highest BCUT2D eigenvalue weighted by Gasteiger charge is 2.22. The largest absolute Gasteiger partial charge is 0.434 e. The number of likely N-dealkylation sites (tertiary alicyclic amines) is 1. The fourth-order valence-corrected chi connectivity index (χ4v) is 2.89. The van der Waals surface area contributed by atoms with Crippen molar-refractivity contribution in [3.05, 3.63) is 29.6 Å². The first-order valence-corrected chi connectivity index (χ1v) is 8.34. The van der Waals surface area contributed by atoms with Crippen LogP contribution in [0.5, 0.6) is 5.75 Å². The third kappa shape index (κ3) is 6.49. The highest BCUT2D eigenvalue weighted by molar-refractivity contribution is 14.0. The Balaban J connectivity index is 0.00000338. The lowest BCUT2D eigenvalue weighted by Gasteiger charge is -2.34. The summed E-state index contributed by atoms with van der Waals surface area (Å²) in [6.45, 7) is 1.20. The maximum Gasteiger partial charge on any atom is 0.387 e. The Hall–Kier alpha value is -1.23. The Morgan fingerprint density at radius 1 is 1.35 bits per heavy atom. The molecule has 1 heterocycles. The monoisotopic (exact) mass is 487 g/mol. The predicted molar refractivity (Wildman–Crippen MR) is 105 cm³/mol. The predicted octanol–water partition coefficient (Wildman–Crippen LogP) is 3.62. The molecule has 2 rings (SSSR count). The van der Waals surface area contributed by atoms with Crippen LogP contribution in [0.2, 0.25) is 0 Å². The number of piperidine rings is 1. The van der Waals surface area contributed by atoms with E-state index in [9.17, 15) is 13.2 Å². The van der Waals surface area contributed by atoms with Crippen molar-refractivity contribution in [3.63, 3.8) is 0 Å². The molecule has 9 heteroatoms. The van der Waals surface area contributed by atoms with Gasteiger partial charge >= 0.3 is 6.61 Å². The lowest BCUT2D eigenvalue weighted by molar-refractivity contribution is -0.0506. The molecule has 0 atom stereocenters. The Morgan fingerprint density at radius 3 is 2.62 bits per heavy atom. The van der Waals surface area contributed by atoms with Crippen LogP contribution in [0.4, 0.5) is 13.2 Å². The van der Waals surface area contributed by atoms with E-state index in [-0.39, 0.29) is 47.9 Å². The standard InChI is InChI=1S/C17H24F3N3O2.HI/c1-3-24-12-7-9-23(10-8-12)17(21-2)22-11-13-14(18)5-4-6-15(13)25-16(19)20;/h4-6,12,16H,3,7-11H2,1-2H3,(H,21,22);1H. The molecule has 1 aliphatic heterocycles. The molecule has 1 aromatic rings. The average Bonchev–Trinajstić information content (AvgIpc) is 2.58. The number of aliphatic imine (C=N–C) groups is 1. The zero-order chi connectivity index (χ0) is 18.2. The SMILES string of the molecule is CCOC1CCN(C(=NC)NCc2c(F)cccc2OC(F)F)CC1.I. The van der Waals surface area contributed by atoms with Gasteiger partial charge in [0.1, 0.15) is 11.6 Å². The van der Waals surface area contributed by atoms with E-state index in [0.717, 1.165) is 25.9 Å². The van der Waals surface area contributed by atoms with Gasteiger partial charge in [0.15, 0.2) is 5.96 Å². The molecule has 1 fully saturated rings. The number of halogens is 4. The normalized spacial score (nSPS) is 15.8. The first kappa shape index (κ1) is 22.8. The third-order valence-electron chi connectivity index (χ3n) is 4.07. The first-order chi connectivity index (χ1) is 12.0. The maximum atomic E-state index is 14.0. The summed E-state index contributed by atoms with van der Waals surface area (Å²) >= 11 is 0. The van der Waals surface area contributed by atoms with Gasteiger partial charge in [-0.05, 0) is 31.9 Å². The number of guanidine groups is 1. The van der Waals surface area contributed by atoms with Crippen molar-refractivity contribution in [2.75, 3.05) is 26.7 Å². The molecule has 1 aliphatic rings. The molecule has 1 aromatic carbocycles. The van der Waals surface area contributed by atoms with Crippen LogP contribution < -0.4 is 10.1 Å². The lowest BCUT2D eigenvalue weighted by atomic mass is 10.1. The molecular formula is C17H25F3IN3O2. The minimum atomic E-state index is -3.00. The molecule has 0 unspecified atom stereocenters. The summed E-state index contributed by atoms with van der Waals surface area (Å²) in [5.74, 6) is -0.176. The third-order valence-corrected chi connectivity index (χ3v) is 4.07. The highest BCUT2D eigenvalue weighted by atomic mass is 127. The van der Waals surface area contributed by atoms with Crippen molar-refractivity contribution in [1.29, 1.82) is 0 Å². The molecular weight excluding hydrogens is 462 g/mol. The lowest BCUT2D eigenvalue weighted by Crippen LogP contribution is -2.46.